The van der Waals surface area contributed by atoms with Crippen molar-refractivity contribution in [2.45, 2.75) is 65.7 Å². The number of hydrogen-bond acceptors (Lipinski definition) is 3. The van der Waals surface area contributed by atoms with Crippen molar-refractivity contribution in [3.63, 3.8) is 0 Å². The number of esters is 1. The van der Waals surface area contributed by atoms with Crippen LogP contribution in [0.15, 0.2) is 43.0 Å². The predicted octanol–water partition coefficient (Wildman–Crippen LogP) is 5.98. The fourth-order valence-corrected chi connectivity index (χ4v) is 3.34. The number of rotatable bonds is 4. The summed E-state index contributed by atoms with van der Waals surface area (Å²) in [6, 6.07) is 9.91. The van der Waals surface area contributed by atoms with E-state index in [1.54, 1.807) is 0 Å². The van der Waals surface area contributed by atoms with Crippen LogP contribution in [0.5, 0.6) is 11.5 Å². The lowest BCUT2D eigenvalue weighted by atomic mass is 9.82. The maximum absolute atomic E-state index is 12.0. The van der Waals surface area contributed by atoms with Gasteiger partial charge in [-0.1, -0.05) is 84.0 Å². The number of aromatic hydroxyl groups is 1. The Morgan fingerprint density at radius 1 is 1.04 bits per heavy atom. The van der Waals surface area contributed by atoms with Crippen LogP contribution in [0.4, 0.5) is 0 Å². The fraction of sp³-hybridized carbons (Fsp3) is 0.400. The van der Waals surface area contributed by atoms with Crippen molar-refractivity contribution < 1.29 is 14.6 Å². The molecule has 3 nitrogen and oxygen atoms in total. The molecule has 0 atom stereocenters. The summed E-state index contributed by atoms with van der Waals surface area (Å²) >= 11 is 0. The third-order valence-electron chi connectivity index (χ3n) is 4.80. The standard InChI is InChI=1S/C25H32O3/c1-9-21(26)28-23-18(13-16(2)14-20(23)25(6,7)8)15-17-11-10-12-19(22(17)27)24(3,4)5/h9-14,27H,1,15H2,2-8H3. The van der Waals surface area contributed by atoms with Gasteiger partial charge in [-0.25, -0.2) is 4.79 Å². The molecule has 0 aliphatic heterocycles. The Morgan fingerprint density at radius 2 is 1.64 bits per heavy atom. The van der Waals surface area contributed by atoms with E-state index < -0.39 is 5.97 Å². The largest absolute Gasteiger partial charge is 0.507 e. The van der Waals surface area contributed by atoms with Crippen molar-refractivity contribution in [1.82, 2.24) is 0 Å². The zero-order chi connectivity index (χ0) is 21.3. The van der Waals surface area contributed by atoms with Crippen LogP contribution >= 0.6 is 0 Å². The molecule has 0 aromatic heterocycles. The van der Waals surface area contributed by atoms with Gasteiger partial charge in [-0.05, 0) is 34.4 Å². The number of para-hydroxylation sites is 1. The maximum Gasteiger partial charge on any atom is 0.335 e. The molecule has 2 aromatic rings. The summed E-state index contributed by atoms with van der Waals surface area (Å²) in [7, 11) is 0. The molecule has 0 unspecified atom stereocenters. The first-order chi connectivity index (χ1) is 12.8. The van der Waals surface area contributed by atoms with Gasteiger partial charge >= 0.3 is 5.97 Å². The second-order valence-electron chi connectivity index (χ2n) is 9.42. The Balaban J connectivity index is 2.64. The summed E-state index contributed by atoms with van der Waals surface area (Å²) in [5, 5.41) is 10.9. The zero-order valence-corrected chi connectivity index (χ0v) is 18.1. The predicted molar refractivity (Wildman–Crippen MR) is 115 cm³/mol. The number of phenolic OH excluding ortho intramolecular Hbond substituents is 1. The topological polar surface area (TPSA) is 46.5 Å². The number of aryl methyl sites for hydroxylation is 1. The number of carbonyl (C=O) groups is 1. The molecule has 0 aliphatic rings. The first-order valence-corrected chi connectivity index (χ1v) is 9.64. The summed E-state index contributed by atoms with van der Waals surface area (Å²) in [6.45, 7) is 18.1. The van der Waals surface area contributed by atoms with E-state index in [-0.39, 0.29) is 10.8 Å². The Kier molecular flexibility index (Phi) is 6.08. The molecule has 2 rings (SSSR count). The van der Waals surface area contributed by atoms with Gasteiger partial charge in [0, 0.05) is 18.1 Å². The highest BCUT2D eigenvalue weighted by Crippen LogP contribution is 2.39. The molecule has 3 heteroatoms. The highest BCUT2D eigenvalue weighted by molar-refractivity contribution is 5.84. The van der Waals surface area contributed by atoms with Crippen LogP contribution in [0.2, 0.25) is 0 Å². The second kappa shape index (κ2) is 7.83. The Bertz CT molecular complexity index is 893. The van der Waals surface area contributed by atoms with E-state index in [4.69, 9.17) is 4.74 Å². The molecule has 0 aliphatic carbocycles. The first kappa shape index (κ1) is 21.7. The van der Waals surface area contributed by atoms with Gasteiger partial charge in [0.15, 0.2) is 0 Å². The maximum atomic E-state index is 12.0. The average molecular weight is 381 g/mol. The molecule has 0 fully saturated rings. The summed E-state index contributed by atoms with van der Waals surface area (Å²) < 4.78 is 5.68. The van der Waals surface area contributed by atoms with Crippen LogP contribution in [-0.4, -0.2) is 11.1 Å². The quantitative estimate of drug-likeness (QED) is 0.403. The molecule has 150 valence electrons. The van der Waals surface area contributed by atoms with Crippen LogP contribution in [0.25, 0.3) is 0 Å². The third kappa shape index (κ3) is 4.83. The molecule has 0 radical (unpaired) electrons. The Labute approximate surface area is 169 Å². The zero-order valence-electron chi connectivity index (χ0n) is 18.1. The molecule has 2 aromatic carbocycles. The minimum Gasteiger partial charge on any atom is -0.507 e. The molecule has 0 saturated carbocycles. The molecular formula is C25H32O3. The van der Waals surface area contributed by atoms with Gasteiger partial charge in [0.1, 0.15) is 11.5 Å². The average Bonchev–Trinajstić information content (AvgIpc) is 2.56. The van der Waals surface area contributed by atoms with E-state index in [1.807, 2.05) is 31.2 Å². The Hall–Kier alpha value is -2.55. The molecule has 0 saturated heterocycles. The fourth-order valence-electron chi connectivity index (χ4n) is 3.34. The molecule has 1 N–H and O–H groups in total. The van der Waals surface area contributed by atoms with Crippen LogP contribution < -0.4 is 4.74 Å². The lowest BCUT2D eigenvalue weighted by Crippen LogP contribution is -2.17. The number of carbonyl (C=O) groups excluding carboxylic acids is 1. The van der Waals surface area contributed by atoms with Gasteiger partial charge < -0.3 is 9.84 Å². The minimum absolute atomic E-state index is 0.165. The number of ether oxygens (including phenoxy) is 1. The molecule has 0 heterocycles. The van der Waals surface area contributed by atoms with Crippen molar-refractivity contribution in [3.05, 3.63) is 70.8 Å². The smallest absolute Gasteiger partial charge is 0.335 e. The lowest BCUT2D eigenvalue weighted by Gasteiger charge is -2.26. The monoisotopic (exact) mass is 380 g/mol. The first-order valence-electron chi connectivity index (χ1n) is 9.64. The van der Waals surface area contributed by atoms with Crippen molar-refractivity contribution in [2.75, 3.05) is 0 Å². The summed E-state index contributed by atoms with van der Waals surface area (Å²) in [4.78, 5) is 12.0. The van der Waals surface area contributed by atoms with Crippen LogP contribution in [0.3, 0.4) is 0 Å². The second-order valence-corrected chi connectivity index (χ2v) is 9.42. The molecule has 0 amide bonds. The van der Waals surface area contributed by atoms with Crippen molar-refractivity contribution in [2.24, 2.45) is 0 Å². The van der Waals surface area contributed by atoms with E-state index in [9.17, 15) is 9.90 Å². The Morgan fingerprint density at radius 3 is 2.18 bits per heavy atom. The van der Waals surface area contributed by atoms with E-state index in [1.165, 1.54) is 6.08 Å². The van der Waals surface area contributed by atoms with Crippen LogP contribution in [0, 0.1) is 6.92 Å². The SMILES string of the molecule is C=CC(=O)Oc1c(Cc2cccc(C(C)(C)C)c2O)cc(C)cc1C(C)(C)C. The van der Waals surface area contributed by atoms with Gasteiger partial charge in [0.25, 0.3) is 0 Å². The number of benzene rings is 2. The third-order valence-corrected chi connectivity index (χ3v) is 4.80. The normalized spacial score (nSPS) is 12.0. The van der Waals surface area contributed by atoms with Gasteiger partial charge in [0.05, 0.1) is 0 Å². The highest BCUT2D eigenvalue weighted by Gasteiger charge is 2.25. The van der Waals surface area contributed by atoms with Crippen LogP contribution in [0.1, 0.15) is 69.4 Å². The lowest BCUT2D eigenvalue weighted by molar-refractivity contribution is -0.129. The highest BCUT2D eigenvalue weighted by atomic mass is 16.5. The van der Waals surface area contributed by atoms with Crippen LogP contribution in [-0.2, 0) is 22.0 Å². The van der Waals surface area contributed by atoms with Gasteiger partial charge in [-0.3, -0.25) is 0 Å². The van der Waals surface area contributed by atoms with Crippen molar-refractivity contribution in [1.29, 1.82) is 0 Å². The van der Waals surface area contributed by atoms with Crippen molar-refractivity contribution in [3.8, 4) is 11.5 Å². The van der Waals surface area contributed by atoms with E-state index in [2.05, 4.69) is 54.2 Å². The number of phenols is 1. The minimum atomic E-state index is -0.483. The van der Waals surface area contributed by atoms with Gasteiger partial charge in [0.2, 0.25) is 0 Å². The summed E-state index contributed by atoms with van der Waals surface area (Å²) in [5.41, 5.74) is 4.27. The molecular weight excluding hydrogens is 348 g/mol. The van der Waals surface area contributed by atoms with Gasteiger partial charge in [-0.2, -0.15) is 0 Å². The van der Waals surface area contributed by atoms with Crippen molar-refractivity contribution >= 4 is 5.97 Å². The van der Waals surface area contributed by atoms with E-state index >= 15 is 0 Å². The van der Waals surface area contributed by atoms with E-state index in [0.29, 0.717) is 17.9 Å². The number of hydrogen-bond donors (Lipinski definition) is 1. The van der Waals surface area contributed by atoms with Gasteiger partial charge in [-0.15, -0.1) is 0 Å². The summed E-state index contributed by atoms with van der Waals surface area (Å²) in [6.07, 6.45) is 1.65. The van der Waals surface area contributed by atoms with E-state index in [0.717, 1.165) is 27.8 Å². The summed E-state index contributed by atoms with van der Waals surface area (Å²) in [5.74, 6) is 0.377. The molecule has 0 spiro atoms. The molecule has 28 heavy (non-hydrogen) atoms. The molecule has 0 bridgehead atoms.